The van der Waals surface area contributed by atoms with Crippen molar-refractivity contribution in [3.63, 3.8) is 0 Å². The smallest absolute Gasteiger partial charge is 0.250 e. The number of benzene rings is 1. The van der Waals surface area contributed by atoms with E-state index in [9.17, 15) is 9.59 Å². The molecule has 2 rings (SSSR count). The number of anilines is 2. The van der Waals surface area contributed by atoms with E-state index in [2.05, 4.69) is 27.5 Å². The van der Waals surface area contributed by atoms with Crippen molar-refractivity contribution in [3.05, 3.63) is 18.2 Å². The Hall–Kier alpha value is -2.16. The maximum Gasteiger partial charge on any atom is 0.250 e. The Morgan fingerprint density at radius 1 is 1.08 bits per heavy atom. The molecule has 1 heterocycles. The van der Waals surface area contributed by atoms with Gasteiger partial charge in [-0.25, -0.2) is 0 Å². The molecule has 2 N–H and O–H groups in total. The van der Waals surface area contributed by atoms with Crippen LogP contribution in [0.2, 0.25) is 0 Å². The van der Waals surface area contributed by atoms with Crippen LogP contribution in [0.3, 0.4) is 0 Å². The van der Waals surface area contributed by atoms with E-state index in [-0.39, 0.29) is 18.4 Å². The standard InChI is InChI=1S/C18H28N4O4/c1-21-7-4-8-22(10-9-21)12-17(23)19-14-5-6-16(26-3)15(11-14)20-18(24)13-25-2/h5-6,11H,4,7-10,12-13H2,1-3H3,(H,19,23)(H,20,24). The number of ether oxygens (including phenoxy) is 2. The Morgan fingerprint density at radius 3 is 2.62 bits per heavy atom. The molecule has 1 aliphatic rings. The van der Waals surface area contributed by atoms with E-state index in [0.717, 1.165) is 32.6 Å². The van der Waals surface area contributed by atoms with Gasteiger partial charge in [0.25, 0.3) is 0 Å². The highest BCUT2D eigenvalue weighted by Gasteiger charge is 2.16. The Balaban J connectivity index is 1.97. The number of methoxy groups -OCH3 is 2. The topological polar surface area (TPSA) is 83.1 Å². The van der Waals surface area contributed by atoms with Crippen LogP contribution in [-0.4, -0.2) is 82.2 Å². The highest BCUT2D eigenvalue weighted by atomic mass is 16.5. The second kappa shape index (κ2) is 10.1. The minimum Gasteiger partial charge on any atom is -0.495 e. The van der Waals surface area contributed by atoms with Gasteiger partial charge in [0.15, 0.2) is 0 Å². The summed E-state index contributed by atoms with van der Waals surface area (Å²) in [6, 6.07) is 5.14. The third kappa shape index (κ3) is 6.29. The summed E-state index contributed by atoms with van der Waals surface area (Å²) in [5.74, 6) is 0.153. The van der Waals surface area contributed by atoms with Gasteiger partial charge in [0, 0.05) is 25.9 Å². The Bertz CT molecular complexity index is 623. The van der Waals surface area contributed by atoms with E-state index in [4.69, 9.17) is 9.47 Å². The molecule has 2 amide bonds. The fourth-order valence-corrected chi connectivity index (χ4v) is 2.86. The highest BCUT2D eigenvalue weighted by Crippen LogP contribution is 2.27. The summed E-state index contributed by atoms with van der Waals surface area (Å²) in [5.41, 5.74) is 1.10. The van der Waals surface area contributed by atoms with Gasteiger partial charge in [-0.05, 0) is 44.8 Å². The van der Waals surface area contributed by atoms with Crippen molar-refractivity contribution in [1.82, 2.24) is 9.80 Å². The summed E-state index contributed by atoms with van der Waals surface area (Å²) in [6.07, 6.45) is 1.06. The van der Waals surface area contributed by atoms with Gasteiger partial charge in [0.2, 0.25) is 11.8 Å². The van der Waals surface area contributed by atoms with E-state index in [1.807, 2.05) is 0 Å². The second-order valence-electron chi connectivity index (χ2n) is 6.38. The summed E-state index contributed by atoms with van der Waals surface area (Å²) in [6.45, 7) is 4.12. The van der Waals surface area contributed by atoms with Crippen molar-refractivity contribution < 1.29 is 19.1 Å². The molecule has 1 aliphatic heterocycles. The average molecular weight is 364 g/mol. The van der Waals surface area contributed by atoms with E-state index < -0.39 is 0 Å². The normalized spacial score (nSPS) is 16.0. The summed E-state index contributed by atoms with van der Waals surface area (Å²) in [4.78, 5) is 28.5. The summed E-state index contributed by atoms with van der Waals surface area (Å²) in [7, 11) is 5.07. The number of amides is 2. The Kier molecular flexibility index (Phi) is 7.83. The highest BCUT2D eigenvalue weighted by molar-refractivity contribution is 5.96. The van der Waals surface area contributed by atoms with Crippen molar-refractivity contribution in [2.24, 2.45) is 0 Å². The van der Waals surface area contributed by atoms with Crippen LogP contribution in [0.4, 0.5) is 11.4 Å². The maximum absolute atomic E-state index is 12.4. The first-order chi connectivity index (χ1) is 12.5. The van der Waals surface area contributed by atoms with Gasteiger partial charge in [0.05, 0.1) is 19.3 Å². The van der Waals surface area contributed by atoms with Crippen LogP contribution >= 0.6 is 0 Å². The van der Waals surface area contributed by atoms with Crippen molar-refractivity contribution in [2.75, 3.05) is 71.2 Å². The number of rotatable bonds is 7. The predicted molar refractivity (Wildman–Crippen MR) is 101 cm³/mol. The van der Waals surface area contributed by atoms with Gasteiger partial charge in [0.1, 0.15) is 12.4 Å². The van der Waals surface area contributed by atoms with E-state index in [1.165, 1.54) is 14.2 Å². The molecule has 0 spiro atoms. The van der Waals surface area contributed by atoms with Crippen molar-refractivity contribution in [2.45, 2.75) is 6.42 Å². The lowest BCUT2D eigenvalue weighted by molar-refractivity contribution is -0.119. The lowest BCUT2D eigenvalue weighted by Gasteiger charge is -2.19. The summed E-state index contributed by atoms with van der Waals surface area (Å²) >= 11 is 0. The first-order valence-electron chi connectivity index (χ1n) is 8.69. The lowest BCUT2D eigenvalue weighted by Crippen LogP contribution is -2.35. The number of nitrogens with one attached hydrogen (secondary N) is 2. The zero-order chi connectivity index (χ0) is 18.9. The number of hydrogen-bond donors (Lipinski definition) is 2. The molecule has 0 bridgehead atoms. The van der Waals surface area contributed by atoms with E-state index >= 15 is 0 Å². The fourth-order valence-electron chi connectivity index (χ4n) is 2.86. The number of carbonyl (C=O) groups excluding carboxylic acids is 2. The predicted octanol–water partition coefficient (Wildman–Crippen LogP) is 0.856. The molecule has 0 radical (unpaired) electrons. The van der Waals surface area contributed by atoms with Crippen LogP contribution in [0.15, 0.2) is 18.2 Å². The molecule has 144 valence electrons. The van der Waals surface area contributed by atoms with Gasteiger partial charge < -0.3 is 25.0 Å². The summed E-state index contributed by atoms with van der Waals surface area (Å²) < 4.78 is 10.1. The molecule has 0 aliphatic carbocycles. The SMILES string of the molecule is COCC(=O)Nc1cc(NC(=O)CN2CCCN(C)CC2)ccc1OC. The second-order valence-corrected chi connectivity index (χ2v) is 6.38. The first kappa shape index (κ1) is 20.2. The van der Waals surface area contributed by atoms with Crippen molar-refractivity contribution >= 4 is 23.2 Å². The van der Waals surface area contributed by atoms with Crippen molar-refractivity contribution in [3.8, 4) is 5.75 Å². The molecule has 8 heteroatoms. The number of hydrogen-bond acceptors (Lipinski definition) is 6. The Morgan fingerprint density at radius 2 is 1.88 bits per heavy atom. The maximum atomic E-state index is 12.4. The molecule has 0 aromatic heterocycles. The van der Waals surface area contributed by atoms with Gasteiger partial charge in [-0.2, -0.15) is 0 Å². The molecule has 0 saturated carbocycles. The van der Waals surface area contributed by atoms with Crippen molar-refractivity contribution in [1.29, 1.82) is 0 Å². The monoisotopic (exact) mass is 364 g/mol. The third-order valence-electron chi connectivity index (χ3n) is 4.21. The number of likely N-dealkylation sites (N-methyl/N-ethyl adjacent to an activating group) is 1. The molecule has 1 fully saturated rings. The molecular weight excluding hydrogens is 336 g/mol. The largest absolute Gasteiger partial charge is 0.495 e. The third-order valence-corrected chi connectivity index (χ3v) is 4.21. The minimum absolute atomic E-state index is 0.0524. The van der Waals surface area contributed by atoms with Crippen LogP contribution in [0, 0.1) is 0 Å². The van der Waals surface area contributed by atoms with Gasteiger partial charge in [-0.1, -0.05) is 0 Å². The van der Waals surface area contributed by atoms with Gasteiger partial charge >= 0.3 is 0 Å². The molecule has 8 nitrogen and oxygen atoms in total. The van der Waals surface area contributed by atoms with Crippen LogP contribution in [0.25, 0.3) is 0 Å². The quantitative estimate of drug-likeness (QED) is 0.747. The van der Waals surface area contributed by atoms with Crippen LogP contribution in [0.5, 0.6) is 5.75 Å². The average Bonchev–Trinajstić information content (AvgIpc) is 2.79. The minimum atomic E-state index is -0.289. The zero-order valence-corrected chi connectivity index (χ0v) is 15.7. The molecule has 1 saturated heterocycles. The molecule has 1 aromatic rings. The molecular formula is C18H28N4O4. The lowest BCUT2D eigenvalue weighted by atomic mass is 10.2. The molecule has 1 aromatic carbocycles. The van der Waals surface area contributed by atoms with Crippen LogP contribution in [-0.2, 0) is 14.3 Å². The molecule has 0 atom stereocenters. The summed E-state index contributed by atoms with van der Waals surface area (Å²) in [5, 5.41) is 5.60. The zero-order valence-electron chi connectivity index (χ0n) is 15.7. The number of carbonyl (C=O) groups is 2. The van der Waals surface area contributed by atoms with Gasteiger partial charge in [-0.15, -0.1) is 0 Å². The first-order valence-corrected chi connectivity index (χ1v) is 8.69. The van der Waals surface area contributed by atoms with Crippen LogP contribution in [0.1, 0.15) is 6.42 Å². The van der Waals surface area contributed by atoms with E-state index in [1.54, 1.807) is 18.2 Å². The van der Waals surface area contributed by atoms with Crippen LogP contribution < -0.4 is 15.4 Å². The molecule has 0 unspecified atom stereocenters. The Labute approximate surface area is 154 Å². The number of nitrogens with zero attached hydrogens (tertiary/aromatic N) is 2. The van der Waals surface area contributed by atoms with E-state index in [0.29, 0.717) is 23.7 Å². The molecule has 26 heavy (non-hydrogen) atoms. The van der Waals surface area contributed by atoms with Gasteiger partial charge in [-0.3, -0.25) is 14.5 Å². The fraction of sp³-hybridized carbons (Fsp3) is 0.556.